The Kier molecular flexibility index (Phi) is 5.28. The van der Waals surface area contributed by atoms with Crippen LogP contribution in [-0.2, 0) is 11.2 Å². The van der Waals surface area contributed by atoms with Crippen molar-refractivity contribution in [2.24, 2.45) is 0 Å². The first-order chi connectivity index (χ1) is 8.37. The Balaban J connectivity index is 2.32. The van der Waals surface area contributed by atoms with E-state index in [2.05, 4.69) is 10.6 Å². The van der Waals surface area contributed by atoms with Crippen molar-refractivity contribution in [2.45, 2.75) is 39.2 Å². The highest BCUT2D eigenvalue weighted by atomic mass is 32.1. The second kappa shape index (κ2) is 6.50. The van der Waals surface area contributed by atoms with Gasteiger partial charge in [0.05, 0.1) is 0 Å². The molecule has 0 fully saturated rings. The van der Waals surface area contributed by atoms with E-state index in [0.717, 1.165) is 12.0 Å². The topological polar surface area (TPSA) is 41.1 Å². The van der Waals surface area contributed by atoms with Crippen LogP contribution < -0.4 is 10.6 Å². The molecule has 0 aromatic heterocycles. The van der Waals surface area contributed by atoms with Gasteiger partial charge in [0.15, 0.2) is 5.11 Å². The summed E-state index contributed by atoms with van der Waals surface area (Å²) in [6.45, 7) is 5.99. The third-order valence-electron chi connectivity index (χ3n) is 2.23. The minimum Gasteiger partial charge on any atom is -0.358 e. The van der Waals surface area contributed by atoms with E-state index in [1.165, 1.54) is 0 Å². The maximum Gasteiger partial charge on any atom is 0.226 e. The first-order valence-corrected chi connectivity index (χ1v) is 6.43. The normalized spacial score (nSPS) is 10.8. The lowest BCUT2D eigenvalue weighted by molar-refractivity contribution is -0.119. The molecule has 0 aliphatic carbocycles. The van der Waals surface area contributed by atoms with Crippen molar-refractivity contribution in [3.63, 3.8) is 0 Å². The molecule has 1 aromatic carbocycles. The molecule has 0 saturated carbocycles. The maximum absolute atomic E-state index is 11.7. The molecule has 0 atom stereocenters. The molecule has 0 heterocycles. The van der Waals surface area contributed by atoms with E-state index in [1.54, 1.807) is 0 Å². The smallest absolute Gasteiger partial charge is 0.226 e. The fraction of sp³-hybridized carbons (Fsp3) is 0.429. The SMILES string of the molecule is CC(C)(C)NC(=S)NC(=O)CCc1ccccc1. The van der Waals surface area contributed by atoms with Crippen LogP contribution in [0.25, 0.3) is 0 Å². The minimum atomic E-state index is -0.135. The lowest BCUT2D eigenvalue weighted by Crippen LogP contribution is -2.48. The van der Waals surface area contributed by atoms with Crippen LogP contribution in [0.15, 0.2) is 30.3 Å². The van der Waals surface area contributed by atoms with Gasteiger partial charge in [-0.05, 0) is 45.0 Å². The average molecular weight is 264 g/mol. The van der Waals surface area contributed by atoms with Gasteiger partial charge in [-0.15, -0.1) is 0 Å². The van der Waals surface area contributed by atoms with Crippen molar-refractivity contribution < 1.29 is 4.79 Å². The Morgan fingerprint density at radius 1 is 1.22 bits per heavy atom. The quantitative estimate of drug-likeness (QED) is 0.824. The lowest BCUT2D eigenvalue weighted by Gasteiger charge is -2.22. The minimum absolute atomic E-state index is 0.0550. The molecule has 0 radical (unpaired) electrons. The van der Waals surface area contributed by atoms with Gasteiger partial charge in [0.25, 0.3) is 0 Å². The van der Waals surface area contributed by atoms with Gasteiger partial charge in [-0.1, -0.05) is 30.3 Å². The molecule has 2 N–H and O–H groups in total. The largest absolute Gasteiger partial charge is 0.358 e. The van der Waals surface area contributed by atoms with Crippen LogP contribution in [0.5, 0.6) is 0 Å². The van der Waals surface area contributed by atoms with Gasteiger partial charge in [-0.3, -0.25) is 4.79 Å². The van der Waals surface area contributed by atoms with Crippen molar-refractivity contribution in [1.29, 1.82) is 0 Å². The molecule has 0 spiro atoms. The van der Waals surface area contributed by atoms with Crippen LogP contribution in [0, 0.1) is 0 Å². The first kappa shape index (κ1) is 14.6. The summed E-state index contributed by atoms with van der Waals surface area (Å²) < 4.78 is 0. The second-order valence-corrected chi connectivity index (χ2v) is 5.65. The number of benzene rings is 1. The van der Waals surface area contributed by atoms with Crippen LogP contribution in [0.4, 0.5) is 0 Å². The van der Waals surface area contributed by atoms with E-state index >= 15 is 0 Å². The van der Waals surface area contributed by atoms with Gasteiger partial charge in [0.2, 0.25) is 5.91 Å². The number of rotatable bonds is 3. The summed E-state index contributed by atoms with van der Waals surface area (Å²) >= 11 is 5.07. The van der Waals surface area contributed by atoms with Gasteiger partial charge in [-0.2, -0.15) is 0 Å². The number of carbonyl (C=O) groups excluding carboxylic acids is 1. The Morgan fingerprint density at radius 2 is 1.83 bits per heavy atom. The van der Waals surface area contributed by atoms with E-state index in [1.807, 2.05) is 51.1 Å². The Bertz CT molecular complexity index is 410. The Hall–Kier alpha value is -1.42. The van der Waals surface area contributed by atoms with Gasteiger partial charge in [0.1, 0.15) is 0 Å². The highest BCUT2D eigenvalue weighted by Crippen LogP contribution is 2.02. The third kappa shape index (κ3) is 6.35. The number of carbonyl (C=O) groups is 1. The molecule has 0 saturated heterocycles. The fourth-order valence-corrected chi connectivity index (χ4v) is 1.88. The molecule has 0 aliphatic rings. The standard InChI is InChI=1S/C14H20N2OS/c1-14(2,3)16-13(18)15-12(17)10-9-11-7-5-4-6-8-11/h4-8H,9-10H2,1-3H3,(H2,15,16,17,18). The number of thiocarbonyl (C=S) groups is 1. The van der Waals surface area contributed by atoms with Gasteiger partial charge < -0.3 is 10.6 Å². The highest BCUT2D eigenvalue weighted by molar-refractivity contribution is 7.80. The Morgan fingerprint density at radius 3 is 2.39 bits per heavy atom. The third-order valence-corrected chi connectivity index (χ3v) is 2.43. The number of hydrogen-bond donors (Lipinski definition) is 2. The molecule has 3 nitrogen and oxygen atoms in total. The summed E-state index contributed by atoms with van der Waals surface area (Å²) in [6, 6.07) is 9.93. The van der Waals surface area contributed by atoms with Crippen LogP contribution in [0.2, 0.25) is 0 Å². The van der Waals surface area contributed by atoms with Gasteiger partial charge in [0, 0.05) is 12.0 Å². The van der Waals surface area contributed by atoms with E-state index in [-0.39, 0.29) is 11.4 Å². The molecule has 98 valence electrons. The predicted molar refractivity (Wildman–Crippen MR) is 78.4 cm³/mol. The Labute approximate surface area is 114 Å². The van der Waals surface area contributed by atoms with Crippen LogP contribution in [0.3, 0.4) is 0 Å². The summed E-state index contributed by atoms with van der Waals surface area (Å²) in [6.07, 6.45) is 1.17. The zero-order valence-electron chi connectivity index (χ0n) is 11.1. The predicted octanol–water partition coefficient (Wildman–Crippen LogP) is 2.41. The fourth-order valence-electron chi connectivity index (χ4n) is 1.46. The van der Waals surface area contributed by atoms with Crippen molar-refractivity contribution in [3.8, 4) is 0 Å². The van der Waals surface area contributed by atoms with Crippen molar-refractivity contribution in [3.05, 3.63) is 35.9 Å². The van der Waals surface area contributed by atoms with Crippen LogP contribution >= 0.6 is 12.2 Å². The maximum atomic E-state index is 11.7. The van der Waals surface area contributed by atoms with Crippen molar-refractivity contribution >= 4 is 23.2 Å². The molecule has 0 bridgehead atoms. The molecule has 4 heteroatoms. The summed E-state index contributed by atoms with van der Waals surface area (Å²) in [7, 11) is 0. The first-order valence-electron chi connectivity index (χ1n) is 6.03. The number of hydrogen-bond acceptors (Lipinski definition) is 2. The molecule has 0 unspecified atom stereocenters. The lowest BCUT2D eigenvalue weighted by atomic mass is 10.1. The summed E-state index contributed by atoms with van der Waals surface area (Å²) in [5, 5.41) is 6.13. The zero-order valence-corrected chi connectivity index (χ0v) is 11.9. The van der Waals surface area contributed by atoms with Crippen LogP contribution in [-0.4, -0.2) is 16.6 Å². The highest BCUT2D eigenvalue weighted by Gasteiger charge is 2.12. The number of aryl methyl sites for hydroxylation is 1. The van der Waals surface area contributed by atoms with E-state index in [0.29, 0.717) is 11.5 Å². The summed E-state index contributed by atoms with van der Waals surface area (Å²) in [5.41, 5.74) is 1.02. The molecule has 1 rings (SSSR count). The van der Waals surface area contributed by atoms with E-state index in [4.69, 9.17) is 12.2 Å². The monoisotopic (exact) mass is 264 g/mol. The van der Waals surface area contributed by atoms with E-state index in [9.17, 15) is 4.79 Å². The second-order valence-electron chi connectivity index (χ2n) is 5.24. The van der Waals surface area contributed by atoms with E-state index < -0.39 is 0 Å². The summed E-state index contributed by atoms with van der Waals surface area (Å²) in [5.74, 6) is -0.0550. The molecule has 0 aliphatic heterocycles. The van der Waals surface area contributed by atoms with Crippen molar-refractivity contribution in [1.82, 2.24) is 10.6 Å². The molecule has 1 amide bonds. The van der Waals surface area contributed by atoms with Gasteiger partial charge in [-0.25, -0.2) is 0 Å². The average Bonchev–Trinajstić information content (AvgIpc) is 2.25. The van der Waals surface area contributed by atoms with Crippen LogP contribution in [0.1, 0.15) is 32.8 Å². The number of amides is 1. The zero-order chi connectivity index (χ0) is 13.6. The molecule has 1 aromatic rings. The van der Waals surface area contributed by atoms with Gasteiger partial charge >= 0.3 is 0 Å². The number of nitrogens with one attached hydrogen (secondary N) is 2. The van der Waals surface area contributed by atoms with Crippen molar-refractivity contribution in [2.75, 3.05) is 0 Å². The molecule has 18 heavy (non-hydrogen) atoms. The summed E-state index contributed by atoms with van der Waals surface area (Å²) in [4.78, 5) is 11.7. The molecular formula is C14H20N2OS. The molecular weight excluding hydrogens is 244 g/mol.